The highest BCUT2D eigenvalue weighted by atomic mass is 35.5. The fourth-order valence-electron chi connectivity index (χ4n) is 6.19. The van der Waals surface area contributed by atoms with Gasteiger partial charge in [0, 0.05) is 22.7 Å². The van der Waals surface area contributed by atoms with Gasteiger partial charge in [-0.2, -0.15) is 0 Å². The minimum absolute atomic E-state index is 0.167. The van der Waals surface area contributed by atoms with E-state index in [4.69, 9.17) is 40.0 Å². The number of fused-ring (bicyclic) bond motifs is 1. The van der Waals surface area contributed by atoms with E-state index < -0.39 is 6.04 Å². The van der Waals surface area contributed by atoms with Crippen LogP contribution in [0.5, 0.6) is 34.5 Å². The number of hydrogen-bond acceptors (Lipinski definition) is 7. The Kier molecular flexibility index (Phi) is 10.4. The third-order valence-corrected chi connectivity index (χ3v) is 8.81. The average Bonchev–Trinajstić information content (AvgIpc) is 3.15. The normalized spacial score (nSPS) is 13.7. The molecule has 0 radical (unpaired) electrons. The summed E-state index contributed by atoms with van der Waals surface area (Å²) >= 11 is 6.19. The van der Waals surface area contributed by atoms with Crippen LogP contribution in [0, 0.1) is 0 Å². The minimum Gasteiger partial charge on any atom is -0.493 e. The third-order valence-electron chi connectivity index (χ3n) is 8.56. The van der Waals surface area contributed by atoms with Crippen molar-refractivity contribution >= 4 is 17.5 Å². The van der Waals surface area contributed by atoms with E-state index in [2.05, 4.69) is 0 Å². The molecule has 0 aliphatic carbocycles. The largest absolute Gasteiger partial charge is 0.493 e. The lowest BCUT2D eigenvalue weighted by Gasteiger charge is -2.39. The van der Waals surface area contributed by atoms with E-state index in [1.165, 1.54) is 0 Å². The van der Waals surface area contributed by atoms with Crippen molar-refractivity contribution in [3.8, 4) is 34.5 Å². The van der Waals surface area contributed by atoms with E-state index in [1.54, 1.807) is 52.7 Å². The first-order valence-corrected chi connectivity index (χ1v) is 16.3. The van der Waals surface area contributed by atoms with E-state index >= 15 is 0 Å². The van der Waals surface area contributed by atoms with Crippen LogP contribution in [-0.4, -0.2) is 45.8 Å². The van der Waals surface area contributed by atoms with Crippen molar-refractivity contribution in [2.75, 3.05) is 35.0 Å². The number of halogens is 1. The Morgan fingerprint density at radius 1 is 0.673 bits per heavy atom. The number of benzene rings is 5. The molecular formula is C40H38ClNO7. The second kappa shape index (κ2) is 15.3. The lowest BCUT2D eigenvalue weighted by molar-refractivity contribution is 0.0691. The summed E-state index contributed by atoms with van der Waals surface area (Å²) in [6, 6.07) is 31.8. The molecule has 6 rings (SSSR count). The first kappa shape index (κ1) is 33.6. The molecule has 1 aliphatic heterocycles. The van der Waals surface area contributed by atoms with Gasteiger partial charge >= 0.3 is 0 Å². The fraction of sp³-hybridized carbons (Fsp3) is 0.225. The predicted octanol–water partition coefficient (Wildman–Crippen LogP) is 8.32. The topological polar surface area (TPSA) is 75.7 Å². The molecule has 0 spiro atoms. The van der Waals surface area contributed by atoms with E-state index in [-0.39, 0.29) is 5.91 Å². The number of amides is 1. The number of rotatable bonds is 12. The molecule has 1 heterocycles. The summed E-state index contributed by atoms with van der Waals surface area (Å²) in [5.41, 5.74) is 4.98. The number of methoxy groups -OCH3 is 4. The van der Waals surface area contributed by atoms with E-state index in [1.807, 2.05) is 83.8 Å². The number of carbonyl (C=O) groups is 1. The summed E-state index contributed by atoms with van der Waals surface area (Å²) in [6.45, 7) is 1.03. The summed E-state index contributed by atoms with van der Waals surface area (Å²) in [5, 5.41) is 0.548. The van der Waals surface area contributed by atoms with E-state index in [0.29, 0.717) is 71.3 Å². The van der Waals surface area contributed by atoms with Crippen LogP contribution in [0.2, 0.25) is 5.02 Å². The molecule has 1 atom stereocenters. The zero-order valence-electron chi connectivity index (χ0n) is 27.9. The molecule has 0 saturated carbocycles. The molecule has 5 aromatic rings. The van der Waals surface area contributed by atoms with Gasteiger partial charge in [0.2, 0.25) is 11.5 Å². The Bertz CT molecular complexity index is 1870. The third kappa shape index (κ3) is 7.10. The molecule has 0 saturated heterocycles. The second-order valence-corrected chi connectivity index (χ2v) is 11.9. The van der Waals surface area contributed by atoms with Crippen molar-refractivity contribution in [2.24, 2.45) is 0 Å². The first-order valence-electron chi connectivity index (χ1n) is 15.9. The van der Waals surface area contributed by atoms with E-state index in [9.17, 15) is 4.79 Å². The van der Waals surface area contributed by atoms with Gasteiger partial charge in [0.05, 0.1) is 34.5 Å². The Hall–Kier alpha value is -5.34. The van der Waals surface area contributed by atoms with Crippen molar-refractivity contribution in [1.29, 1.82) is 0 Å². The van der Waals surface area contributed by atoms with E-state index in [0.717, 1.165) is 27.8 Å². The second-order valence-electron chi connectivity index (χ2n) is 11.5. The van der Waals surface area contributed by atoms with Crippen molar-refractivity contribution in [2.45, 2.75) is 25.7 Å². The molecule has 0 aromatic heterocycles. The molecule has 1 aliphatic rings. The predicted molar refractivity (Wildman–Crippen MR) is 189 cm³/mol. The van der Waals surface area contributed by atoms with Crippen LogP contribution in [0.1, 0.15) is 44.2 Å². The maximum atomic E-state index is 14.4. The van der Waals surface area contributed by atoms with Crippen LogP contribution in [0.15, 0.2) is 103 Å². The molecule has 0 fully saturated rings. The maximum absolute atomic E-state index is 14.4. The highest BCUT2D eigenvalue weighted by Gasteiger charge is 2.38. The molecule has 0 bridgehead atoms. The lowest BCUT2D eigenvalue weighted by atomic mass is 9.86. The highest BCUT2D eigenvalue weighted by molar-refractivity contribution is 6.30. The number of nitrogens with zero attached hydrogens (tertiary/aromatic N) is 1. The Balaban J connectivity index is 1.50. The molecule has 1 unspecified atom stereocenters. The summed E-state index contributed by atoms with van der Waals surface area (Å²) in [4.78, 5) is 16.2. The SMILES string of the molecule is COc1cc(C2c3c(cc(OC)c(OCc4ccccc4)c3OC)CCN2C(=O)c2ccc(Cl)cc2)cc(OC)c1OCc1ccccc1. The molecule has 252 valence electrons. The van der Waals surface area contributed by atoms with Crippen LogP contribution in [0.25, 0.3) is 0 Å². The molecule has 1 amide bonds. The molecule has 49 heavy (non-hydrogen) atoms. The van der Waals surface area contributed by atoms with Gasteiger partial charge in [0.1, 0.15) is 13.2 Å². The maximum Gasteiger partial charge on any atom is 0.254 e. The lowest BCUT2D eigenvalue weighted by Crippen LogP contribution is -2.41. The highest BCUT2D eigenvalue weighted by Crippen LogP contribution is 2.52. The van der Waals surface area contributed by atoms with Gasteiger partial charge in [-0.25, -0.2) is 0 Å². The van der Waals surface area contributed by atoms with Crippen LogP contribution in [-0.2, 0) is 19.6 Å². The van der Waals surface area contributed by atoms with Crippen molar-refractivity contribution < 1.29 is 33.2 Å². The molecule has 8 nitrogen and oxygen atoms in total. The number of ether oxygens (including phenoxy) is 6. The summed E-state index contributed by atoms with van der Waals surface area (Å²) < 4.78 is 36.5. The van der Waals surface area contributed by atoms with Gasteiger partial charge in [-0.15, -0.1) is 0 Å². The molecule has 5 aromatic carbocycles. The van der Waals surface area contributed by atoms with Gasteiger partial charge in [-0.3, -0.25) is 4.79 Å². The van der Waals surface area contributed by atoms with Crippen molar-refractivity contribution in [1.82, 2.24) is 4.90 Å². The van der Waals surface area contributed by atoms with Crippen LogP contribution in [0.3, 0.4) is 0 Å². The smallest absolute Gasteiger partial charge is 0.254 e. The molecule has 0 N–H and O–H groups in total. The zero-order chi connectivity index (χ0) is 34.3. The summed E-state index contributed by atoms with van der Waals surface area (Å²) in [6.07, 6.45) is 0.559. The summed E-state index contributed by atoms with van der Waals surface area (Å²) in [5.74, 6) is 2.68. The van der Waals surface area contributed by atoms with Crippen LogP contribution < -0.4 is 28.4 Å². The van der Waals surface area contributed by atoms with Gasteiger partial charge in [0.25, 0.3) is 5.91 Å². The summed E-state index contributed by atoms with van der Waals surface area (Å²) in [7, 11) is 6.38. The van der Waals surface area contributed by atoms with Gasteiger partial charge in [0.15, 0.2) is 23.0 Å². The molecule has 9 heteroatoms. The first-order chi connectivity index (χ1) is 23.9. The number of carbonyl (C=O) groups excluding carboxylic acids is 1. The monoisotopic (exact) mass is 679 g/mol. The fourth-order valence-corrected chi connectivity index (χ4v) is 6.31. The molecular weight excluding hydrogens is 642 g/mol. The van der Waals surface area contributed by atoms with Gasteiger partial charge < -0.3 is 33.3 Å². The Morgan fingerprint density at radius 2 is 1.20 bits per heavy atom. The van der Waals surface area contributed by atoms with Crippen LogP contribution >= 0.6 is 11.6 Å². The minimum atomic E-state index is -0.627. The van der Waals surface area contributed by atoms with Crippen molar-refractivity contribution in [3.63, 3.8) is 0 Å². The Morgan fingerprint density at radius 3 is 1.73 bits per heavy atom. The van der Waals surface area contributed by atoms with Gasteiger partial charge in [-0.05, 0) is 71.1 Å². The van der Waals surface area contributed by atoms with Gasteiger partial charge in [-0.1, -0.05) is 72.3 Å². The quantitative estimate of drug-likeness (QED) is 0.131. The zero-order valence-corrected chi connectivity index (χ0v) is 28.7. The van der Waals surface area contributed by atoms with Crippen LogP contribution in [0.4, 0.5) is 0 Å². The number of hydrogen-bond donors (Lipinski definition) is 0. The van der Waals surface area contributed by atoms with Crippen molar-refractivity contribution in [3.05, 3.63) is 142 Å². The average molecular weight is 680 g/mol. The Labute approximate surface area is 291 Å². The standard InChI is InChI=1S/C40H38ClNO7/c1-44-32-22-30(23-33(45-2)37(32)48-24-26-11-7-5-8-12-26)36-35-29(19-20-42(36)40(43)28-15-17-31(41)18-16-28)21-34(46-3)38(39(35)47-4)49-25-27-13-9-6-10-14-27/h5-18,21-23,36H,19-20,24-25H2,1-4H3.